The van der Waals surface area contributed by atoms with Crippen LogP contribution in [-0.4, -0.2) is 29.7 Å². The molecular formula is C11H14N4O. The Kier molecular flexibility index (Phi) is 3.67. The van der Waals surface area contributed by atoms with Crippen molar-refractivity contribution < 1.29 is 4.74 Å². The van der Waals surface area contributed by atoms with Crippen LogP contribution in [0.2, 0.25) is 0 Å². The van der Waals surface area contributed by atoms with Crippen LogP contribution in [0.4, 0.5) is 0 Å². The van der Waals surface area contributed by atoms with Gasteiger partial charge in [-0.2, -0.15) is 5.26 Å². The van der Waals surface area contributed by atoms with Crippen molar-refractivity contribution in [3.8, 4) is 11.9 Å². The largest absolute Gasteiger partial charge is 0.476 e. The molecule has 16 heavy (non-hydrogen) atoms. The van der Waals surface area contributed by atoms with Gasteiger partial charge < -0.3 is 10.1 Å². The molecule has 1 aliphatic heterocycles. The van der Waals surface area contributed by atoms with E-state index in [0.717, 1.165) is 13.1 Å². The predicted octanol–water partition coefficient (Wildman–Crippen LogP) is 0.727. The van der Waals surface area contributed by atoms with Gasteiger partial charge in [-0.1, -0.05) is 0 Å². The summed E-state index contributed by atoms with van der Waals surface area (Å²) in [5.41, 5.74) is 0.312. The Morgan fingerprint density at radius 2 is 2.44 bits per heavy atom. The topological polar surface area (TPSA) is 70.8 Å². The van der Waals surface area contributed by atoms with Crippen molar-refractivity contribution in [2.75, 3.05) is 19.7 Å². The van der Waals surface area contributed by atoms with E-state index in [1.165, 1.54) is 25.2 Å². The molecule has 0 aliphatic carbocycles. The minimum Gasteiger partial charge on any atom is -0.476 e. The highest BCUT2D eigenvalue weighted by atomic mass is 16.5. The Morgan fingerprint density at radius 1 is 1.50 bits per heavy atom. The summed E-state index contributed by atoms with van der Waals surface area (Å²) >= 11 is 0. The molecule has 1 atom stereocenters. The standard InChI is InChI=1S/C11H14N4O/c12-4-10-6-15-11(7-14-10)16-8-9-2-1-3-13-5-9/h6-7,9,13H,1-3,5,8H2. The third kappa shape index (κ3) is 2.91. The van der Waals surface area contributed by atoms with Crippen molar-refractivity contribution in [2.45, 2.75) is 12.8 Å². The molecule has 0 bridgehead atoms. The second-order valence-electron chi connectivity index (χ2n) is 3.88. The van der Waals surface area contributed by atoms with Gasteiger partial charge in [-0.25, -0.2) is 9.97 Å². The van der Waals surface area contributed by atoms with Crippen LogP contribution >= 0.6 is 0 Å². The van der Waals surface area contributed by atoms with E-state index in [1.54, 1.807) is 0 Å². The number of ether oxygens (including phenoxy) is 1. The monoisotopic (exact) mass is 218 g/mol. The minimum absolute atomic E-state index is 0.312. The summed E-state index contributed by atoms with van der Waals surface area (Å²) in [4.78, 5) is 7.90. The maximum absolute atomic E-state index is 8.56. The molecule has 0 saturated carbocycles. The number of rotatable bonds is 3. The maximum atomic E-state index is 8.56. The summed E-state index contributed by atoms with van der Waals surface area (Å²) in [6.07, 6.45) is 5.31. The zero-order valence-electron chi connectivity index (χ0n) is 9.02. The third-order valence-electron chi connectivity index (χ3n) is 2.61. The lowest BCUT2D eigenvalue weighted by atomic mass is 10.0. The first-order valence-electron chi connectivity index (χ1n) is 5.44. The van der Waals surface area contributed by atoms with Crippen LogP contribution in [0.15, 0.2) is 12.4 Å². The molecule has 0 amide bonds. The molecule has 1 N–H and O–H groups in total. The normalized spacial score (nSPS) is 20.1. The van der Waals surface area contributed by atoms with Crippen LogP contribution in [0.3, 0.4) is 0 Å². The van der Waals surface area contributed by atoms with E-state index in [9.17, 15) is 0 Å². The number of nitrogens with zero attached hydrogens (tertiary/aromatic N) is 3. The van der Waals surface area contributed by atoms with E-state index in [1.807, 2.05) is 6.07 Å². The molecule has 0 radical (unpaired) electrons. The smallest absolute Gasteiger partial charge is 0.232 e. The van der Waals surface area contributed by atoms with Crippen LogP contribution in [0.1, 0.15) is 18.5 Å². The Hall–Kier alpha value is -1.67. The van der Waals surface area contributed by atoms with Crippen LogP contribution < -0.4 is 10.1 Å². The molecule has 1 aromatic rings. The number of aromatic nitrogens is 2. The molecule has 84 valence electrons. The number of hydrogen-bond acceptors (Lipinski definition) is 5. The van der Waals surface area contributed by atoms with Crippen LogP contribution in [0.5, 0.6) is 5.88 Å². The van der Waals surface area contributed by atoms with E-state index in [-0.39, 0.29) is 0 Å². The lowest BCUT2D eigenvalue weighted by Crippen LogP contribution is -2.33. The van der Waals surface area contributed by atoms with Crippen molar-refractivity contribution >= 4 is 0 Å². The van der Waals surface area contributed by atoms with Gasteiger partial charge in [0.25, 0.3) is 0 Å². The second kappa shape index (κ2) is 5.42. The summed E-state index contributed by atoms with van der Waals surface area (Å²) in [5.74, 6) is 1.04. The molecule has 0 aromatic carbocycles. The highest BCUT2D eigenvalue weighted by Crippen LogP contribution is 2.12. The fraction of sp³-hybridized carbons (Fsp3) is 0.545. The van der Waals surface area contributed by atoms with Crippen molar-refractivity contribution in [1.82, 2.24) is 15.3 Å². The van der Waals surface area contributed by atoms with Crippen molar-refractivity contribution in [3.63, 3.8) is 0 Å². The SMILES string of the molecule is N#Cc1cnc(OCC2CCCNC2)cn1. The Morgan fingerprint density at radius 3 is 3.06 bits per heavy atom. The predicted molar refractivity (Wildman–Crippen MR) is 57.8 cm³/mol. The van der Waals surface area contributed by atoms with Gasteiger partial charge in [0.05, 0.1) is 19.0 Å². The number of nitriles is 1. The Bertz CT molecular complexity index is 365. The van der Waals surface area contributed by atoms with Crippen molar-refractivity contribution in [2.24, 2.45) is 5.92 Å². The van der Waals surface area contributed by atoms with Gasteiger partial charge in [-0.05, 0) is 19.4 Å². The first kappa shape index (κ1) is 10.8. The van der Waals surface area contributed by atoms with Gasteiger partial charge in [0.15, 0.2) is 5.69 Å². The van der Waals surface area contributed by atoms with E-state index < -0.39 is 0 Å². The van der Waals surface area contributed by atoms with Gasteiger partial charge >= 0.3 is 0 Å². The Labute approximate surface area is 94.5 Å². The Balaban J connectivity index is 1.82. The fourth-order valence-electron chi connectivity index (χ4n) is 1.72. The van der Waals surface area contributed by atoms with Crippen LogP contribution in [0, 0.1) is 17.2 Å². The minimum atomic E-state index is 0.312. The van der Waals surface area contributed by atoms with E-state index in [4.69, 9.17) is 10.00 Å². The number of piperidine rings is 1. The molecular weight excluding hydrogens is 204 g/mol. The zero-order chi connectivity index (χ0) is 11.2. The maximum Gasteiger partial charge on any atom is 0.232 e. The molecule has 5 nitrogen and oxygen atoms in total. The van der Waals surface area contributed by atoms with Gasteiger partial charge in [-0.3, -0.25) is 0 Å². The lowest BCUT2D eigenvalue weighted by molar-refractivity contribution is 0.211. The van der Waals surface area contributed by atoms with Gasteiger partial charge in [0.1, 0.15) is 6.07 Å². The summed E-state index contributed by atoms with van der Waals surface area (Å²) in [6.45, 7) is 2.77. The van der Waals surface area contributed by atoms with Crippen LogP contribution in [0.25, 0.3) is 0 Å². The molecule has 2 heterocycles. The van der Waals surface area contributed by atoms with E-state index in [2.05, 4.69) is 15.3 Å². The second-order valence-corrected chi connectivity index (χ2v) is 3.88. The summed E-state index contributed by atoms with van der Waals surface area (Å²) < 4.78 is 5.52. The first-order chi connectivity index (χ1) is 7.88. The van der Waals surface area contributed by atoms with Crippen LogP contribution in [-0.2, 0) is 0 Å². The van der Waals surface area contributed by atoms with Gasteiger partial charge in [0, 0.05) is 12.5 Å². The van der Waals surface area contributed by atoms with Gasteiger partial charge in [0.2, 0.25) is 5.88 Å². The van der Waals surface area contributed by atoms with Gasteiger partial charge in [-0.15, -0.1) is 0 Å². The van der Waals surface area contributed by atoms with Crippen molar-refractivity contribution in [1.29, 1.82) is 5.26 Å². The average molecular weight is 218 g/mol. The average Bonchev–Trinajstić information content (AvgIpc) is 2.38. The highest BCUT2D eigenvalue weighted by molar-refractivity contribution is 5.18. The summed E-state index contributed by atoms with van der Waals surface area (Å²) in [7, 11) is 0. The number of nitrogens with one attached hydrogen (secondary N) is 1. The lowest BCUT2D eigenvalue weighted by Gasteiger charge is -2.22. The molecule has 1 fully saturated rings. The van der Waals surface area contributed by atoms with E-state index >= 15 is 0 Å². The van der Waals surface area contributed by atoms with Crippen molar-refractivity contribution in [3.05, 3.63) is 18.1 Å². The molecule has 2 rings (SSSR count). The first-order valence-corrected chi connectivity index (χ1v) is 5.44. The molecule has 1 saturated heterocycles. The highest BCUT2D eigenvalue weighted by Gasteiger charge is 2.13. The summed E-state index contributed by atoms with van der Waals surface area (Å²) in [5, 5.41) is 11.9. The summed E-state index contributed by atoms with van der Waals surface area (Å²) in [6, 6.07) is 1.92. The zero-order valence-corrected chi connectivity index (χ0v) is 9.02. The molecule has 5 heteroatoms. The fourth-order valence-corrected chi connectivity index (χ4v) is 1.72. The number of hydrogen-bond donors (Lipinski definition) is 1. The quantitative estimate of drug-likeness (QED) is 0.809. The molecule has 1 unspecified atom stereocenters. The van der Waals surface area contributed by atoms with E-state index in [0.29, 0.717) is 24.1 Å². The third-order valence-corrected chi connectivity index (χ3v) is 2.61. The molecule has 0 spiro atoms. The molecule has 1 aromatic heterocycles. The molecule has 1 aliphatic rings.